The van der Waals surface area contributed by atoms with Gasteiger partial charge < -0.3 is 22.4 Å². The first-order chi connectivity index (χ1) is 12.0. The molecule has 7 heteroatoms. The van der Waals surface area contributed by atoms with Crippen LogP contribution in [-0.2, 0) is 6.54 Å². The Morgan fingerprint density at radius 1 is 0.846 bits per heavy atom. The summed E-state index contributed by atoms with van der Waals surface area (Å²) in [5, 5.41) is 9.40. The van der Waals surface area contributed by atoms with Crippen LogP contribution in [0.3, 0.4) is 0 Å². The third-order valence-corrected chi connectivity index (χ3v) is 3.84. The zero-order valence-electron chi connectivity index (χ0n) is 15.6. The van der Waals surface area contributed by atoms with Gasteiger partial charge in [0.15, 0.2) is 17.9 Å². The first-order valence-corrected chi connectivity index (χ1v) is 8.65. The normalized spacial score (nSPS) is 11.5. The number of aliphatic hydroxyl groups excluding tert-OH is 1. The number of benzene rings is 1. The van der Waals surface area contributed by atoms with Crippen molar-refractivity contribution in [3.63, 3.8) is 0 Å². The molecule has 0 saturated carbocycles. The first kappa shape index (κ1) is 22.2. The molecule has 2 aromatic rings. The van der Waals surface area contributed by atoms with Gasteiger partial charge in [0.2, 0.25) is 0 Å². The molecule has 1 aromatic carbocycles. The minimum absolute atomic E-state index is 0.175. The molecule has 0 spiro atoms. The van der Waals surface area contributed by atoms with Crippen molar-refractivity contribution in [1.82, 2.24) is 0 Å². The second-order valence-corrected chi connectivity index (χ2v) is 6.64. The maximum atomic E-state index is 9.75. The topological polar surface area (TPSA) is 24.1 Å². The van der Waals surface area contributed by atoms with Gasteiger partial charge in [0.1, 0.15) is 6.61 Å². The molecular formula is C19H26BF4NO. The van der Waals surface area contributed by atoms with E-state index >= 15 is 0 Å². The van der Waals surface area contributed by atoms with E-state index < -0.39 is 7.25 Å². The van der Waals surface area contributed by atoms with Gasteiger partial charge in [-0.2, -0.15) is 4.57 Å². The Bertz CT molecular complexity index is 653. The molecule has 0 amide bonds. The molecular weight excluding hydrogens is 345 g/mol. The molecule has 0 aliphatic heterocycles. The Kier molecular flexibility index (Phi) is 8.28. The van der Waals surface area contributed by atoms with Crippen LogP contribution in [0.25, 0.3) is 11.1 Å². The number of aliphatic hydroxyl groups is 1. The van der Waals surface area contributed by atoms with Crippen LogP contribution in [-0.4, -0.2) is 19.0 Å². The standard InChI is InChI=1S/C19H26NO.BF4/c1-14(2)18-12-17(16-8-6-5-7-9-16)13-19(15(3)4)20(18)10-11-21;2-1(3,4)5/h5-9,12-15,21H,10-11H2,1-4H3;/q+1;-1. The lowest BCUT2D eigenvalue weighted by atomic mass is 9.97. The molecule has 0 saturated heterocycles. The molecule has 2 nitrogen and oxygen atoms in total. The van der Waals surface area contributed by atoms with Gasteiger partial charge in [0.25, 0.3) is 0 Å². The van der Waals surface area contributed by atoms with Crippen molar-refractivity contribution in [1.29, 1.82) is 0 Å². The number of pyridine rings is 1. The lowest BCUT2D eigenvalue weighted by Gasteiger charge is -2.15. The largest absolute Gasteiger partial charge is 0.673 e. The van der Waals surface area contributed by atoms with E-state index in [0.29, 0.717) is 18.4 Å². The quantitative estimate of drug-likeness (QED) is 0.437. The summed E-state index contributed by atoms with van der Waals surface area (Å²) in [6.07, 6.45) is 0. The molecule has 0 fully saturated rings. The van der Waals surface area contributed by atoms with Crippen molar-refractivity contribution < 1.29 is 26.9 Å². The number of hydrogen-bond donors (Lipinski definition) is 1. The molecule has 144 valence electrons. The summed E-state index contributed by atoms with van der Waals surface area (Å²) < 4.78 is 41.3. The Morgan fingerprint density at radius 2 is 1.27 bits per heavy atom. The van der Waals surface area contributed by atoms with E-state index in [1.165, 1.54) is 22.5 Å². The minimum atomic E-state index is -6.00. The third kappa shape index (κ3) is 7.16. The Labute approximate surface area is 152 Å². The number of halogens is 4. The summed E-state index contributed by atoms with van der Waals surface area (Å²) >= 11 is 0. The van der Waals surface area contributed by atoms with E-state index in [2.05, 4.69) is 68.7 Å². The molecule has 1 N–H and O–H groups in total. The lowest BCUT2D eigenvalue weighted by molar-refractivity contribution is -0.714. The number of rotatable bonds is 5. The highest BCUT2D eigenvalue weighted by Gasteiger charge is 2.23. The molecule has 1 aromatic heterocycles. The van der Waals surface area contributed by atoms with Gasteiger partial charge in [0, 0.05) is 24.0 Å². The van der Waals surface area contributed by atoms with Gasteiger partial charge in [-0.3, -0.25) is 0 Å². The second kappa shape index (κ2) is 9.71. The van der Waals surface area contributed by atoms with E-state index in [0.717, 1.165) is 0 Å². The minimum Gasteiger partial charge on any atom is -0.418 e. The fourth-order valence-electron chi connectivity index (χ4n) is 2.78. The van der Waals surface area contributed by atoms with Crippen molar-refractivity contribution in [3.8, 4) is 11.1 Å². The van der Waals surface area contributed by atoms with E-state index in [-0.39, 0.29) is 6.61 Å². The zero-order chi connectivity index (χ0) is 19.9. The highest BCUT2D eigenvalue weighted by atomic mass is 19.5. The molecule has 0 radical (unpaired) electrons. The summed E-state index contributed by atoms with van der Waals surface area (Å²) in [6, 6.07) is 15.0. The highest BCUT2D eigenvalue weighted by Crippen LogP contribution is 2.25. The molecule has 1 heterocycles. The van der Waals surface area contributed by atoms with Gasteiger partial charge in [-0.05, 0) is 11.1 Å². The summed E-state index contributed by atoms with van der Waals surface area (Å²) in [6.45, 7) is 9.68. The van der Waals surface area contributed by atoms with E-state index in [9.17, 15) is 22.4 Å². The van der Waals surface area contributed by atoms with Crippen LogP contribution in [0, 0.1) is 0 Å². The average molecular weight is 371 g/mol. The van der Waals surface area contributed by atoms with Crippen LogP contribution < -0.4 is 4.57 Å². The predicted octanol–water partition coefficient (Wildman–Crippen LogP) is 5.18. The summed E-state index contributed by atoms with van der Waals surface area (Å²) in [5.41, 5.74) is 5.08. The smallest absolute Gasteiger partial charge is 0.418 e. The van der Waals surface area contributed by atoms with Gasteiger partial charge >= 0.3 is 7.25 Å². The fourth-order valence-corrected chi connectivity index (χ4v) is 2.78. The third-order valence-electron chi connectivity index (χ3n) is 3.84. The highest BCUT2D eigenvalue weighted by molar-refractivity contribution is 6.50. The Hall–Kier alpha value is -1.89. The molecule has 0 bridgehead atoms. The van der Waals surface area contributed by atoms with E-state index in [4.69, 9.17) is 0 Å². The van der Waals surface area contributed by atoms with Crippen molar-refractivity contribution in [2.24, 2.45) is 0 Å². The maximum absolute atomic E-state index is 9.75. The van der Waals surface area contributed by atoms with Crippen molar-refractivity contribution >= 4 is 7.25 Å². The Balaban J connectivity index is 0.000000597. The van der Waals surface area contributed by atoms with Crippen molar-refractivity contribution in [3.05, 3.63) is 53.9 Å². The van der Waals surface area contributed by atoms with Crippen molar-refractivity contribution in [2.45, 2.75) is 46.1 Å². The fraction of sp³-hybridized carbons (Fsp3) is 0.421. The Morgan fingerprint density at radius 3 is 1.62 bits per heavy atom. The van der Waals surface area contributed by atoms with Crippen LogP contribution in [0.1, 0.15) is 50.9 Å². The van der Waals surface area contributed by atoms with Crippen LogP contribution >= 0.6 is 0 Å². The molecule has 0 aliphatic carbocycles. The summed E-state index contributed by atoms with van der Waals surface area (Å²) in [4.78, 5) is 0. The lowest BCUT2D eigenvalue weighted by Crippen LogP contribution is -2.45. The summed E-state index contributed by atoms with van der Waals surface area (Å²) in [5.74, 6) is 0.857. The SMILES string of the molecule is CC(C)c1cc(-c2ccccc2)cc(C(C)C)[n+]1CCO.F[B-](F)(F)F. The first-order valence-electron chi connectivity index (χ1n) is 8.65. The molecule has 26 heavy (non-hydrogen) atoms. The van der Waals surface area contributed by atoms with Gasteiger partial charge in [-0.1, -0.05) is 58.0 Å². The van der Waals surface area contributed by atoms with E-state index in [1.54, 1.807) is 0 Å². The number of aromatic nitrogens is 1. The molecule has 0 unspecified atom stereocenters. The van der Waals surface area contributed by atoms with Gasteiger partial charge in [0.05, 0.1) is 0 Å². The monoisotopic (exact) mass is 371 g/mol. The zero-order valence-corrected chi connectivity index (χ0v) is 15.6. The number of hydrogen-bond acceptors (Lipinski definition) is 1. The molecule has 0 aliphatic rings. The van der Waals surface area contributed by atoms with Gasteiger partial charge in [-0.25, -0.2) is 0 Å². The number of nitrogens with zero attached hydrogens (tertiary/aromatic N) is 1. The average Bonchev–Trinajstić information content (AvgIpc) is 2.54. The predicted molar refractivity (Wildman–Crippen MR) is 97.5 cm³/mol. The van der Waals surface area contributed by atoms with Gasteiger partial charge in [-0.15, -0.1) is 0 Å². The van der Waals surface area contributed by atoms with Crippen molar-refractivity contribution in [2.75, 3.05) is 6.61 Å². The molecule has 0 atom stereocenters. The van der Waals surface area contributed by atoms with Crippen LogP contribution in [0.15, 0.2) is 42.5 Å². The second-order valence-electron chi connectivity index (χ2n) is 6.64. The van der Waals surface area contributed by atoms with E-state index in [1.807, 2.05) is 6.07 Å². The molecule has 2 rings (SSSR count). The van der Waals surface area contributed by atoms with Crippen LogP contribution in [0.4, 0.5) is 17.3 Å². The summed E-state index contributed by atoms with van der Waals surface area (Å²) in [7, 11) is -6.00. The maximum Gasteiger partial charge on any atom is 0.673 e. The van der Waals surface area contributed by atoms with Crippen LogP contribution in [0.5, 0.6) is 0 Å². The van der Waals surface area contributed by atoms with Crippen LogP contribution in [0.2, 0.25) is 0 Å².